The normalized spacial score (nSPS) is 26.4. The highest BCUT2D eigenvalue weighted by Crippen LogP contribution is 2.68. The van der Waals surface area contributed by atoms with Gasteiger partial charge in [-0.1, -0.05) is 6.08 Å². The van der Waals surface area contributed by atoms with E-state index in [0.717, 1.165) is 44.0 Å². The number of nitrogens with zero attached hydrogens (tertiary/aromatic N) is 1. The Labute approximate surface area is 200 Å². The molecule has 36 heavy (non-hydrogen) atoms. The van der Waals surface area contributed by atoms with Gasteiger partial charge in [0.25, 0.3) is 5.91 Å². The van der Waals surface area contributed by atoms with E-state index >= 15 is 0 Å². The number of halogens is 6. The number of aromatic nitrogens is 1. The minimum atomic E-state index is -4.80. The van der Waals surface area contributed by atoms with E-state index in [1.807, 2.05) is 4.90 Å². The van der Waals surface area contributed by atoms with Crippen molar-refractivity contribution in [1.29, 1.82) is 0 Å². The van der Waals surface area contributed by atoms with E-state index in [9.17, 15) is 35.9 Å². The first kappa shape index (κ1) is 23.2. The highest BCUT2D eigenvalue weighted by Gasteiger charge is 2.73. The summed E-state index contributed by atoms with van der Waals surface area (Å²) >= 11 is 0. The van der Waals surface area contributed by atoms with Gasteiger partial charge in [-0.2, -0.15) is 26.3 Å². The number of carbonyl (C=O) groups excluding carboxylic acids is 1. The van der Waals surface area contributed by atoms with Gasteiger partial charge in [0.1, 0.15) is 5.56 Å². The van der Waals surface area contributed by atoms with Crippen LogP contribution in [-0.4, -0.2) is 28.6 Å². The Kier molecular flexibility index (Phi) is 4.76. The van der Waals surface area contributed by atoms with E-state index in [-0.39, 0.29) is 23.4 Å². The molecular weight excluding hydrogens is 488 g/mol. The van der Waals surface area contributed by atoms with Crippen molar-refractivity contribution in [2.45, 2.75) is 62.5 Å². The molecule has 2 N–H and O–H groups in total. The molecule has 3 aliphatic carbocycles. The van der Waals surface area contributed by atoms with Gasteiger partial charge in [-0.3, -0.25) is 9.59 Å². The van der Waals surface area contributed by atoms with Crippen LogP contribution in [0.25, 0.3) is 11.6 Å². The molecule has 2 saturated carbocycles. The molecule has 2 aromatic rings. The third-order valence-electron chi connectivity index (χ3n) is 8.24. The number of fused-ring (bicyclic) bond motifs is 1. The summed E-state index contributed by atoms with van der Waals surface area (Å²) in [6, 6.07) is 3.89. The molecule has 3 unspecified atom stereocenters. The van der Waals surface area contributed by atoms with Gasteiger partial charge in [0.05, 0.1) is 28.1 Å². The van der Waals surface area contributed by atoms with Crippen LogP contribution in [0.4, 0.5) is 37.7 Å². The van der Waals surface area contributed by atoms with Crippen molar-refractivity contribution in [3.63, 3.8) is 0 Å². The average molecular weight is 509 g/mol. The molecule has 4 aliphatic rings. The molecule has 1 amide bonds. The molecule has 2 heterocycles. The molecule has 6 rings (SSSR count). The van der Waals surface area contributed by atoms with Crippen LogP contribution in [0.1, 0.15) is 54.4 Å². The first-order valence-corrected chi connectivity index (χ1v) is 11.8. The number of benzene rings is 1. The summed E-state index contributed by atoms with van der Waals surface area (Å²) in [4.78, 5) is 30.3. The van der Waals surface area contributed by atoms with Gasteiger partial charge < -0.3 is 15.2 Å². The maximum atomic E-state index is 14.0. The Hall–Kier alpha value is -3.24. The van der Waals surface area contributed by atoms with Crippen molar-refractivity contribution in [2.75, 3.05) is 10.2 Å². The van der Waals surface area contributed by atoms with Gasteiger partial charge in [-0.25, -0.2) is 0 Å². The monoisotopic (exact) mass is 509 g/mol. The minimum Gasteiger partial charge on any atom is -0.360 e. The van der Waals surface area contributed by atoms with Crippen LogP contribution in [0.5, 0.6) is 0 Å². The quantitative estimate of drug-likeness (QED) is 0.485. The number of nitrogens with one attached hydrogen (secondary N) is 2. The molecule has 1 spiro atoms. The van der Waals surface area contributed by atoms with E-state index in [1.54, 1.807) is 0 Å². The number of H-pyrrole nitrogens is 1. The second-order valence-corrected chi connectivity index (χ2v) is 9.91. The third-order valence-corrected chi connectivity index (χ3v) is 8.24. The van der Waals surface area contributed by atoms with E-state index in [4.69, 9.17) is 0 Å². The van der Waals surface area contributed by atoms with Gasteiger partial charge in [0.15, 0.2) is 0 Å². The molecule has 1 saturated heterocycles. The van der Waals surface area contributed by atoms with E-state index in [1.165, 1.54) is 12.1 Å². The number of amides is 1. The summed E-state index contributed by atoms with van der Waals surface area (Å²) in [5, 5.41) is 1.37. The summed E-state index contributed by atoms with van der Waals surface area (Å²) in [7, 11) is 0. The Morgan fingerprint density at radius 3 is 2.50 bits per heavy atom. The van der Waals surface area contributed by atoms with E-state index < -0.39 is 57.7 Å². The fourth-order valence-electron chi connectivity index (χ4n) is 6.52. The molecule has 5 nitrogen and oxygen atoms in total. The molecule has 0 radical (unpaired) electrons. The lowest BCUT2D eigenvalue weighted by atomic mass is 9.74. The van der Waals surface area contributed by atoms with Gasteiger partial charge in [-0.15, -0.1) is 0 Å². The molecule has 190 valence electrons. The van der Waals surface area contributed by atoms with Crippen molar-refractivity contribution in [3.8, 4) is 0 Å². The Morgan fingerprint density at radius 1 is 1.08 bits per heavy atom. The summed E-state index contributed by atoms with van der Waals surface area (Å²) < 4.78 is 82.3. The lowest BCUT2D eigenvalue weighted by molar-refractivity contribution is -0.136. The van der Waals surface area contributed by atoms with Crippen molar-refractivity contribution >= 4 is 28.9 Å². The largest absolute Gasteiger partial charge is 0.418 e. The van der Waals surface area contributed by atoms with Crippen LogP contribution in [-0.2, 0) is 6.18 Å². The highest BCUT2D eigenvalue weighted by molar-refractivity contribution is 6.04. The molecule has 1 aromatic carbocycles. The lowest BCUT2D eigenvalue weighted by Gasteiger charge is -2.36. The third kappa shape index (κ3) is 3.24. The highest BCUT2D eigenvalue weighted by atomic mass is 19.4. The van der Waals surface area contributed by atoms with Gasteiger partial charge >= 0.3 is 12.4 Å². The zero-order valence-corrected chi connectivity index (χ0v) is 18.8. The van der Waals surface area contributed by atoms with Gasteiger partial charge in [0, 0.05) is 22.8 Å². The Morgan fingerprint density at radius 2 is 1.86 bits per heavy atom. The van der Waals surface area contributed by atoms with E-state index in [0.29, 0.717) is 11.6 Å². The maximum absolute atomic E-state index is 14.0. The van der Waals surface area contributed by atoms with E-state index in [2.05, 4.69) is 10.3 Å². The zero-order valence-electron chi connectivity index (χ0n) is 18.8. The summed E-state index contributed by atoms with van der Waals surface area (Å²) in [6.07, 6.45) is -3.53. The Bertz CT molecular complexity index is 1470. The standard InChI is InChI=1S/C25H21F6N3O2/c26-24(27,28)15-2-1-3-18-20(15)21(35)14(11-32-18)22(36)33-17-6-5-13(10-16(17)25(29,30)31)34-19-7-4-12-8-9-23(12,19)34/h3,5-6,10-12,19,32H,1-2,4,7-9H2,(H,33,36). The minimum absolute atomic E-state index is 0.0340. The first-order valence-electron chi connectivity index (χ1n) is 11.8. The zero-order chi connectivity index (χ0) is 25.6. The average Bonchev–Trinajstić information content (AvgIpc) is 3.41. The van der Waals surface area contributed by atoms with Crippen LogP contribution in [0.3, 0.4) is 0 Å². The second-order valence-electron chi connectivity index (χ2n) is 9.91. The van der Waals surface area contributed by atoms with Crippen LogP contribution >= 0.6 is 0 Å². The van der Waals surface area contributed by atoms with Crippen molar-refractivity contribution in [1.82, 2.24) is 4.98 Å². The smallest absolute Gasteiger partial charge is 0.360 e. The lowest BCUT2D eigenvalue weighted by Crippen LogP contribution is -2.49. The molecular formula is C25H21F6N3O2. The summed E-state index contributed by atoms with van der Waals surface area (Å²) in [5.74, 6) is -0.715. The number of aromatic amines is 1. The SMILES string of the molecule is O=C(Nc1ccc(N2C3CCC4CCC432)cc1C(F)(F)F)c1c[nH]c2c(c1=O)=C(C(F)(F)F)CCC=2. The number of anilines is 2. The first-order chi connectivity index (χ1) is 16.9. The van der Waals surface area contributed by atoms with Crippen molar-refractivity contribution in [2.24, 2.45) is 5.92 Å². The van der Waals surface area contributed by atoms with Crippen LogP contribution in [0.15, 0.2) is 29.2 Å². The summed E-state index contributed by atoms with van der Waals surface area (Å²) in [6.45, 7) is 0. The Balaban J connectivity index is 1.36. The number of carbonyl (C=O) groups is 1. The molecule has 3 fully saturated rings. The number of piperidine rings is 1. The number of hydrogen-bond donors (Lipinski definition) is 2. The molecule has 11 heteroatoms. The number of alkyl halides is 6. The fourth-order valence-corrected chi connectivity index (χ4v) is 6.52. The molecule has 3 atom stereocenters. The molecule has 1 aromatic heterocycles. The molecule has 1 aliphatic heterocycles. The van der Waals surface area contributed by atoms with Gasteiger partial charge in [0.2, 0.25) is 5.43 Å². The van der Waals surface area contributed by atoms with Crippen LogP contribution in [0, 0.1) is 5.92 Å². The van der Waals surface area contributed by atoms with Crippen molar-refractivity contribution < 1.29 is 31.1 Å². The van der Waals surface area contributed by atoms with Crippen LogP contribution < -0.4 is 26.2 Å². The maximum Gasteiger partial charge on any atom is 0.418 e. The summed E-state index contributed by atoms with van der Waals surface area (Å²) in [5.41, 5.74) is -4.17. The number of pyridine rings is 1. The second kappa shape index (κ2) is 7.39. The predicted octanol–water partition coefficient (Wildman–Crippen LogP) is 4.06. The van der Waals surface area contributed by atoms with Gasteiger partial charge in [-0.05, 0) is 62.6 Å². The van der Waals surface area contributed by atoms with Crippen LogP contribution in [0.2, 0.25) is 0 Å². The van der Waals surface area contributed by atoms with Crippen molar-refractivity contribution in [3.05, 3.63) is 56.3 Å². The molecule has 0 bridgehead atoms. The topological polar surface area (TPSA) is 65.0 Å². The fraction of sp³-hybridized carbons (Fsp3) is 0.440. The predicted molar refractivity (Wildman–Crippen MR) is 120 cm³/mol. The number of hydrogen-bond acceptors (Lipinski definition) is 3. The number of rotatable bonds is 3.